The van der Waals surface area contributed by atoms with Crippen LogP contribution in [0.15, 0.2) is 24.4 Å². The molecule has 0 unspecified atom stereocenters. The molecule has 1 aromatic heterocycles. The van der Waals surface area contributed by atoms with Gasteiger partial charge in [-0.15, -0.1) is 0 Å². The Balaban J connectivity index is 2.10. The summed E-state index contributed by atoms with van der Waals surface area (Å²) in [4.78, 5) is 0. The second-order valence-corrected chi connectivity index (χ2v) is 3.68. The summed E-state index contributed by atoms with van der Waals surface area (Å²) in [5.74, 6) is 0. The van der Waals surface area contributed by atoms with E-state index in [0.29, 0.717) is 6.04 Å². The molecule has 0 N–H and O–H groups in total. The Hall–Kier alpha value is -1.31. The molecular weight excluding hydrogens is 160 g/mol. The number of rotatable bonds is 1. The lowest BCUT2D eigenvalue weighted by Gasteiger charge is -2.25. The van der Waals surface area contributed by atoms with Crippen molar-refractivity contribution < 1.29 is 0 Å². The first kappa shape index (κ1) is 7.13. The van der Waals surface area contributed by atoms with Gasteiger partial charge >= 0.3 is 0 Å². The standard InChI is InChI=1S/C11H11N2/c1-2-7-11-9(4-1)8-13(12-11)10-5-3-6-10/h2,4,7-8,10H,3,5-6H2. The quantitative estimate of drug-likeness (QED) is 0.644. The van der Waals surface area contributed by atoms with E-state index in [4.69, 9.17) is 0 Å². The second kappa shape index (κ2) is 2.59. The van der Waals surface area contributed by atoms with Crippen molar-refractivity contribution in [1.82, 2.24) is 9.78 Å². The molecule has 0 bridgehead atoms. The molecule has 0 spiro atoms. The Kier molecular flexibility index (Phi) is 1.42. The molecule has 0 atom stereocenters. The largest absolute Gasteiger partial charge is 0.268 e. The highest BCUT2D eigenvalue weighted by Crippen LogP contribution is 2.31. The average molecular weight is 171 g/mol. The van der Waals surface area contributed by atoms with Crippen LogP contribution in [0.4, 0.5) is 0 Å². The van der Waals surface area contributed by atoms with Crippen LogP contribution in [0.25, 0.3) is 10.9 Å². The fourth-order valence-corrected chi connectivity index (χ4v) is 1.76. The van der Waals surface area contributed by atoms with Gasteiger partial charge in [-0.1, -0.05) is 6.07 Å². The topological polar surface area (TPSA) is 17.8 Å². The number of fused-ring (bicyclic) bond motifs is 1. The van der Waals surface area contributed by atoms with E-state index in [2.05, 4.69) is 22.0 Å². The van der Waals surface area contributed by atoms with Crippen LogP contribution in [-0.2, 0) is 0 Å². The van der Waals surface area contributed by atoms with Crippen LogP contribution in [0.1, 0.15) is 25.3 Å². The molecule has 2 aromatic rings. The molecule has 1 fully saturated rings. The maximum absolute atomic E-state index is 4.53. The highest BCUT2D eigenvalue weighted by atomic mass is 15.3. The third-order valence-corrected chi connectivity index (χ3v) is 2.82. The van der Waals surface area contributed by atoms with Crippen LogP contribution in [-0.4, -0.2) is 9.78 Å². The molecule has 1 aliphatic rings. The van der Waals surface area contributed by atoms with Gasteiger partial charge in [-0.25, -0.2) is 0 Å². The number of benzene rings is 1. The van der Waals surface area contributed by atoms with E-state index in [9.17, 15) is 0 Å². The third-order valence-electron chi connectivity index (χ3n) is 2.82. The molecule has 2 nitrogen and oxygen atoms in total. The van der Waals surface area contributed by atoms with Crippen molar-refractivity contribution in [2.45, 2.75) is 25.3 Å². The van der Waals surface area contributed by atoms with Crippen LogP contribution in [0.5, 0.6) is 0 Å². The van der Waals surface area contributed by atoms with Crippen molar-refractivity contribution in [2.75, 3.05) is 0 Å². The van der Waals surface area contributed by atoms with E-state index in [1.54, 1.807) is 0 Å². The highest BCUT2D eigenvalue weighted by Gasteiger charge is 2.19. The van der Waals surface area contributed by atoms with Crippen LogP contribution >= 0.6 is 0 Å². The first-order valence-electron chi connectivity index (χ1n) is 4.78. The summed E-state index contributed by atoms with van der Waals surface area (Å²) in [6.45, 7) is 0. The molecule has 1 saturated carbocycles. The highest BCUT2D eigenvalue weighted by molar-refractivity contribution is 5.77. The SMILES string of the molecule is [c]1ccc2nn(C3CCC3)cc2c1. The molecule has 0 aliphatic heterocycles. The van der Waals surface area contributed by atoms with Crippen molar-refractivity contribution in [1.29, 1.82) is 0 Å². The first-order chi connectivity index (χ1) is 6.43. The summed E-state index contributed by atoms with van der Waals surface area (Å²) < 4.78 is 2.11. The van der Waals surface area contributed by atoms with E-state index in [1.807, 2.05) is 18.2 Å². The summed E-state index contributed by atoms with van der Waals surface area (Å²) >= 11 is 0. The predicted octanol–water partition coefficient (Wildman–Crippen LogP) is 2.56. The lowest BCUT2D eigenvalue weighted by atomic mass is 9.93. The first-order valence-corrected chi connectivity index (χ1v) is 4.78. The summed E-state index contributed by atoms with van der Waals surface area (Å²) in [6, 6.07) is 9.66. The van der Waals surface area contributed by atoms with Gasteiger partial charge < -0.3 is 0 Å². The Morgan fingerprint density at radius 1 is 1.46 bits per heavy atom. The molecule has 1 aliphatic carbocycles. The molecule has 1 heterocycles. The molecule has 0 amide bonds. The van der Waals surface area contributed by atoms with Crippen molar-refractivity contribution in [2.24, 2.45) is 0 Å². The second-order valence-electron chi connectivity index (χ2n) is 3.68. The molecule has 65 valence electrons. The molecule has 1 aromatic carbocycles. The summed E-state index contributed by atoms with van der Waals surface area (Å²) in [7, 11) is 0. The van der Waals surface area contributed by atoms with Crippen LogP contribution in [0, 0.1) is 6.07 Å². The van der Waals surface area contributed by atoms with Crippen molar-refractivity contribution in [3.8, 4) is 0 Å². The Bertz CT molecular complexity index is 393. The molecular formula is C11H11N2. The molecule has 3 rings (SSSR count). The van der Waals surface area contributed by atoms with Gasteiger partial charge in [0, 0.05) is 11.6 Å². The summed E-state index contributed by atoms with van der Waals surface area (Å²) in [6.07, 6.45) is 6.07. The molecule has 1 radical (unpaired) electrons. The fraction of sp³-hybridized carbons (Fsp3) is 0.364. The van der Waals surface area contributed by atoms with E-state index in [0.717, 1.165) is 5.52 Å². The van der Waals surface area contributed by atoms with E-state index < -0.39 is 0 Å². The Morgan fingerprint density at radius 3 is 3.08 bits per heavy atom. The van der Waals surface area contributed by atoms with E-state index in [1.165, 1.54) is 24.6 Å². The zero-order valence-electron chi connectivity index (χ0n) is 7.40. The smallest absolute Gasteiger partial charge is 0.0923 e. The average Bonchev–Trinajstić information content (AvgIpc) is 2.43. The van der Waals surface area contributed by atoms with Crippen LogP contribution < -0.4 is 0 Å². The summed E-state index contributed by atoms with van der Waals surface area (Å²) in [5, 5.41) is 5.73. The number of hydrogen-bond donors (Lipinski definition) is 0. The monoisotopic (exact) mass is 171 g/mol. The van der Waals surface area contributed by atoms with Crippen LogP contribution in [0.3, 0.4) is 0 Å². The van der Waals surface area contributed by atoms with Gasteiger partial charge in [0.2, 0.25) is 0 Å². The van der Waals surface area contributed by atoms with Gasteiger partial charge in [-0.2, -0.15) is 5.10 Å². The van der Waals surface area contributed by atoms with Gasteiger partial charge in [0.25, 0.3) is 0 Å². The van der Waals surface area contributed by atoms with Crippen molar-refractivity contribution in [3.05, 3.63) is 30.5 Å². The minimum absolute atomic E-state index is 0.660. The Labute approximate surface area is 77.2 Å². The molecule has 0 saturated heterocycles. The minimum atomic E-state index is 0.660. The lowest BCUT2D eigenvalue weighted by molar-refractivity contribution is 0.291. The van der Waals surface area contributed by atoms with Gasteiger partial charge in [0.1, 0.15) is 0 Å². The lowest BCUT2D eigenvalue weighted by Crippen LogP contribution is -2.16. The summed E-state index contributed by atoms with van der Waals surface area (Å²) in [5.41, 5.74) is 1.09. The zero-order chi connectivity index (χ0) is 8.67. The molecule has 13 heavy (non-hydrogen) atoms. The molecule has 2 heteroatoms. The number of aromatic nitrogens is 2. The zero-order valence-corrected chi connectivity index (χ0v) is 7.40. The maximum atomic E-state index is 4.53. The number of hydrogen-bond acceptors (Lipinski definition) is 1. The van der Waals surface area contributed by atoms with Gasteiger partial charge in [0.05, 0.1) is 11.6 Å². The van der Waals surface area contributed by atoms with E-state index in [-0.39, 0.29) is 0 Å². The minimum Gasteiger partial charge on any atom is -0.268 e. The van der Waals surface area contributed by atoms with Gasteiger partial charge in [-0.05, 0) is 37.5 Å². The van der Waals surface area contributed by atoms with Gasteiger partial charge in [0.15, 0.2) is 0 Å². The normalized spacial score (nSPS) is 17.5. The maximum Gasteiger partial charge on any atom is 0.0923 e. The fourth-order valence-electron chi connectivity index (χ4n) is 1.76. The van der Waals surface area contributed by atoms with Crippen LogP contribution in [0.2, 0.25) is 0 Å². The van der Waals surface area contributed by atoms with Crippen molar-refractivity contribution >= 4 is 10.9 Å². The predicted molar refractivity (Wildman–Crippen MR) is 51.5 cm³/mol. The Morgan fingerprint density at radius 2 is 2.38 bits per heavy atom. The van der Waals surface area contributed by atoms with Gasteiger partial charge in [-0.3, -0.25) is 4.68 Å². The third kappa shape index (κ3) is 1.05. The van der Waals surface area contributed by atoms with Crippen molar-refractivity contribution in [3.63, 3.8) is 0 Å². The van der Waals surface area contributed by atoms with E-state index >= 15 is 0 Å². The number of nitrogens with zero attached hydrogens (tertiary/aromatic N) is 2.